The number of nitrogens with zero attached hydrogens (tertiary/aromatic N) is 2. The third kappa shape index (κ3) is 5.38. The summed E-state index contributed by atoms with van der Waals surface area (Å²) in [6.45, 7) is 3.32. The number of nitrogens with one attached hydrogen (secondary N) is 1. The smallest absolute Gasteiger partial charge is 0.332 e. The summed E-state index contributed by atoms with van der Waals surface area (Å²) in [6.07, 6.45) is 2.79. The van der Waals surface area contributed by atoms with Gasteiger partial charge in [0.15, 0.2) is 6.79 Å². The second-order valence-corrected chi connectivity index (χ2v) is 7.73. The van der Waals surface area contributed by atoms with E-state index in [4.69, 9.17) is 9.47 Å². The minimum absolute atomic E-state index is 0.0340. The van der Waals surface area contributed by atoms with Gasteiger partial charge in [-0.2, -0.15) is 0 Å². The third-order valence-electron chi connectivity index (χ3n) is 3.66. The summed E-state index contributed by atoms with van der Waals surface area (Å²) in [5.41, 5.74) is 0.681. The fourth-order valence-corrected chi connectivity index (χ4v) is 3.22. The third-order valence-corrected chi connectivity index (χ3v) is 4.81. The van der Waals surface area contributed by atoms with Crippen LogP contribution in [0.2, 0.25) is 0 Å². The van der Waals surface area contributed by atoms with E-state index in [-0.39, 0.29) is 23.3 Å². The topological polar surface area (TPSA) is 120 Å². The van der Waals surface area contributed by atoms with Crippen molar-refractivity contribution in [2.45, 2.75) is 24.6 Å². The van der Waals surface area contributed by atoms with Crippen molar-refractivity contribution in [2.75, 3.05) is 13.9 Å². The Kier molecular flexibility index (Phi) is 6.70. The zero-order valence-corrected chi connectivity index (χ0v) is 15.8. The number of non-ortho nitro benzene ring substituents is 1. The van der Waals surface area contributed by atoms with E-state index < -0.39 is 21.7 Å². The standard InChI is InChI=1S/C17H19N3O6S/c1-17(2)14(15(21)26-10-25-3)19-9-13(16(22)27-17)18-8-11-4-6-12(7-5-11)20(23)24/h4-9,14,19H,10H2,1-3H3. The molecule has 0 aliphatic carbocycles. The van der Waals surface area contributed by atoms with Crippen LogP contribution in [0.25, 0.3) is 0 Å². The monoisotopic (exact) mass is 393 g/mol. The lowest BCUT2D eigenvalue weighted by atomic mass is 10.0. The Bertz CT molecular complexity index is 788. The first-order chi connectivity index (χ1) is 12.7. The number of benzene rings is 1. The molecule has 9 nitrogen and oxygen atoms in total. The van der Waals surface area contributed by atoms with E-state index in [9.17, 15) is 19.7 Å². The van der Waals surface area contributed by atoms with Crippen LogP contribution < -0.4 is 5.32 Å². The SMILES string of the molecule is COCOC(=O)C1NC=C(N=Cc2ccc([N+](=O)[O-])cc2)C(=O)SC1(C)C. The Hall–Kier alpha value is -2.72. The molecule has 10 heteroatoms. The van der Waals surface area contributed by atoms with Crippen molar-refractivity contribution >= 4 is 34.7 Å². The predicted octanol–water partition coefficient (Wildman–Crippen LogP) is 2.01. The quantitative estimate of drug-likeness (QED) is 0.256. The molecule has 0 bridgehead atoms. The Morgan fingerprint density at radius 2 is 2.07 bits per heavy atom. The molecule has 0 fully saturated rings. The summed E-state index contributed by atoms with van der Waals surface area (Å²) in [5.74, 6) is -0.543. The number of nitro groups is 1. The van der Waals surface area contributed by atoms with Crippen LogP contribution >= 0.6 is 11.8 Å². The summed E-state index contributed by atoms with van der Waals surface area (Å²) in [5, 5.41) is 13.2. The van der Waals surface area contributed by atoms with Gasteiger partial charge in [-0.25, -0.2) is 4.79 Å². The highest BCUT2D eigenvalue weighted by Crippen LogP contribution is 2.34. The molecule has 1 aromatic rings. The lowest BCUT2D eigenvalue weighted by Gasteiger charge is -2.29. The number of ether oxygens (including phenoxy) is 2. The molecule has 1 aromatic carbocycles. The molecule has 1 aliphatic rings. The molecule has 1 atom stereocenters. The van der Waals surface area contributed by atoms with Crippen LogP contribution in [-0.2, 0) is 19.1 Å². The van der Waals surface area contributed by atoms with Crippen LogP contribution in [-0.4, -0.2) is 46.9 Å². The number of rotatable bonds is 6. The van der Waals surface area contributed by atoms with Gasteiger partial charge < -0.3 is 14.8 Å². The molecule has 1 heterocycles. The van der Waals surface area contributed by atoms with E-state index in [1.54, 1.807) is 13.8 Å². The van der Waals surface area contributed by atoms with Gasteiger partial charge in [0.2, 0.25) is 5.12 Å². The van der Waals surface area contributed by atoms with Crippen molar-refractivity contribution in [1.29, 1.82) is 0 Å². The summed E-state index contributed by atoms with van der Waals surface area (Å²) in [4.78, 5) is 39.0. The number of esters is 1. The minimum atomic E-state index is -0.775. The van der Waals surface area contributed by atoms with Crippen LogP contribution in [0, 0.1) is 10.1 Å². The first-order valence-corrected chi connectivity index (χ1v) is 8.70. The van der Waals surface area contributed by atoms with Crippen molar-refractivity contribution in [1.82, 2.24) is 5.32 Å². The van der Waals surface area contributed by atoms with Crippen molar-refractivity contribution < 1.29 is 24.0 Å². The van der Waals surface area contributed by atoms with Crippen LogP contribution in [0.3, 0.4) is 0 Å². The average molecular weight is 393 g/mol. The molecule has 144 valence electrons. The Balaban J connectivity index is 2.17. The van der Waals surface area contributed by atoms with Gasteiger partial charge >= 0.3 is 5.97 Å². The molecule has 0 spiro atoms. The number of hydrogen-bond donors (Lipinski definition) is 1. The minimum Gasteiger partial charge on any atom is -0.437 e. The van der Waals surface area contributed by atoms with Crippen LogP contribution in [0.5, 0.6) is 0 Å². The fraction of sp³-hybridized carbons (Fsp3) is 0.353. The molecule has 1 N–H and O–H groups in total. The van der Waals surface area contributed by atoms with Crippen molar-refractivity contribution in [2.24, 2.45) is 4.99 Å². The summed E-state index contributed by atoms with van der Waals surface area (Å²) in [7, 11) is 1.40. The van der Waals surface area contributed by atoms with Gasteiger partial charge in [-0.3, -0.25) is 19.9 Å². The molecule has 0 amide bonds. The average Bonchev–Trinajstić information content (AvgIpc) is 2.73. The normalized spacial score (nSPS) is 19.1. The highest BCUT2D eigenvalue weighted by molar-refractivity contribution is 8.15. The van der Waals surface area contributed by atoms with E-state index in [1.807, 2.05) is 0 Å². The molecule has 0 saturated heterocycles. The second-order valence-electron chi connectivity index (χ2n) is 6.10. The lowest BCUT2D eigenvalue weighted by molar-refractivity contribution is -0.384. The van der Waals surface area contributed by atoms with Gasteiger partial charge in [-0.1, -0.05) is 11.8 Å². The van der Waals surface area contributed by atoms with Crippen molar-refractivity contribution in [3.8, 4) is 0 Å². The molecule has 0 radical (unpaired) electrons. The van der Waals surface area contributed by atoms with Crippen LogP contribution in [0.1, 0.15) is 19.4 Å². The Labute approximate surface area is 160 Å². The molecule has 27 heavy (non-hydrogen) atoms. The zero-order chi connectivity index (χ0) is 20.0. The van der Waals surface area contributed by atoms with Crippen LogP contribution in [0.4, 0.5) is 5.69 Å². The second kappa shape index (κ2) is 8.78. The first kappa shape index (κ1) is 20.6. The van der Waals surface area contributed by atoms with Crippen molar-refractivity contribution in [3.05, 3.63) is 51.8 Å². The van der Waals surface area contributed by atoms with Crippen LogP contribution in [0.15, 0.2) is 41.2 Å². The van der Waals surface area contributed by atoms with Gasteiger partial charge in [-0.05, 0) is 31.5 Å². The van der Waals surface area contributed by atoms with E-state index in [0.29, 0.717) is 5.56 Å². The van der Waals surface area contributed by atoms with E-state index in [0.717, 1.165) is 11.8 Å². The number of hydrogen-bond acceptors (Lipinski definition) is 9. The molecule has 2 rings (SSSR count). The number of carbonyl (C=O) groups excluding carboxylic acids is 2. The molecule has 1 unspecified atom stereocenters. The van der Waals surface area contributed by atoms with Gasteiger partial charge in [0.1, 0.15) is 11.7 Å². The summed E-state index contributed by atoms with van der Waals surface area (Å²) < 4.78 is 8.94. The number of thioether (sulfide) groups is 1. The maximum atomic E-state index is 12.5. The molecule has 0 saturated carbocycles. The molecule has 1 aliphatic heterocycles. The van der Waals surface area contributed by atoms with E-state index >= 15 is 0 Å². The van der Waals surface area contributed by atoms with Gasteiger partial charge in [-0.15, -0.1) is 0 Å². The van der Waals surface area contributed by atoms with Gasteiger partial charge in [0.25, 0.3) is 5.69 Å². The largest absolute Gasteiger partial charge is 0.437 e. The zero-order valence-electron chi connectivity index (χ0n) is 15.0. The molecular weight excluding hydrogens is 374 g/mol. The van der Waals surface area contributed by atoms with E-state index in [2.05, 4.69) is 10.3 Å². The summed E-state index contributed by atoms with van der Waals surface area (Å²) >= 11 is 0.969. The van der Waals surface area contributed by atoms with E-state index in [1.165, 1.54) is 43.8 Å². The highest BCUT2D eigenvalue weighted by atomic mass is 32.2. The fourth-order valence-electron chi connectivity index (χ4n) is 2.24. The molecular formula is C17H19N3O6S. The lowest BCUT2D eigenvalue weighted by Crippen LogP contribution is -2.48. The van der Waals surface area contributed by atoms with Crippen molar-refractivity contribution in [3.63, 3.8) is 0 Å². The Morgan fingerprint density at radius 1 is 1.41 bits per heavy atom. The summed E-state index contributed by atoms with van der Waals surface area (Å²) in [6, 6.07) is 4.98. The van der Waals surface area contributed by atoms with Gasteiger partial charge in [0, 0.05) is 36.4 Å². The number of aliphatic imine (C=N–C) groups is 1. The maximum absolute atomic E-state index is 12.5. The highest BCUT2D eigenvalue weighted by Gasteiger charge is 2.41. The first-order valence-electron chi connectivity index (χ1n) is 7.88. The van der Waals surface area contributed by atoms with Gasteiger partial charge in [0.05, 0.1) is 4.92 Å². The predicted molar refractivity (Wildman–Crippen MR) is 100 cm³/mol. The number of methoxy groups -OCH3 is 1. The maximum Gasteiger partial charge on any atom is 0.332 e. The number of carbonyl (C=O) groups is 2. The molecule has 0 aromatic heterocycles. The number of nitro benzene ring substituents is 1. The Morgan fingerprint density at radius 3 is 2.67 bits per heavy atom.